The van der Waals surface area contributed by atoms with Crippen molar-refractivity contribution in [1.82, 2.24) is 15.4 Å². The van der Waals surface area contributed by atoms with E-state index in [1.165, 1.54) is 0 Å². The SMILES string of the molecule is CCc1n[nH]nc1CCl. The maximum absolute atomic E-state index is 5.53. The second-order valence-corrected chi connectivity index (χ2v) is 1.97. The number of aromatic nitrogens is 3. The molecule has 0 fully saturated rings. The number of rotatable bonds is 2. The minimum atomic E-state index is 0.444. The van der Waals surface area contributed by atoms with Crippen molar-refractivity contribution in [3.05, 3.63) is 11.4 Å². The van der Waals surface area contributed by atoms with Crippen LogP contribution in [0.25, 0.3) is 0 Å². The molecule has 1 aromatic rings. The molecule has 0 aliphatic carbocycles. The van der Waals surface area contributed by atoms with Crippen molar-refractivity contribution in [2.45, 2.75) is 19.2 Å². The summed E-state index contributed by atoms with van der Waals surface area (Å²) in [7, 11) is 0. The Labute approximate surface area is 58.4 Å². The third-order valence-electron chi connectivity index (χ3n) is 1.16. The smallest absolute Gasteiger partial charge is 0.100 e. The molecule has 0 aliphatic heterocycles. The van der Waals surface area contributed by atoms with Crippen LogP contribution in [0.5, 0.6) is 0 Å². The van der Waals surface area contributed by atoms with Crippen LogP contribution in [0, 0.1) is 0 Å². The van der Waals surface area contributed by atoms with Crippen molar-refractivity contribution in [1.29, 1.82) is 0 Å². The summed E-state index contributed by atoms with van der Waals surface area (Å²) >= 11 is 5.53. The minimum absolute atomic E-state index is 0.444. The van der Waals surface area contributed by atoms with Gasteiger partial charge < -0.3 is 0 Å². The summed E-state index contributed by atoms with van der Waals surface area (Å²) in [5.41, 5.74) is 1.82. The molecule has 9 heavy (non-hydrogen) atoms. The number of nitrogens with zero attached hydrogens (tertiary/aromatic N) is 2. The fraction of sp³-hybridized carbons (Fsp3) is 0.600. The van der Waals surface area contributed by atoms with E-state index in [9.17, 15) is 0 Å². The first-order valence-corrected chi connectivity index (χ1v) is 3.36. The van der Waals surface area contributed by atoms with E-state index in [1.807, 2.05) is 6.92 Å². The Bertz CT molecular complexity index is 166. The first kappa shape index (κ1) is 6.55. The number of halogens is 1. The van der Waals surface area contributed by atoms with Crippen molar-refractivity contribution in [2.75, 3.05) is 0 Å². The van der Waals surface area contributed by atoms with Crippen LogP contribution in [0.15, 0.2) is 0 Å². The van der Waals surface area contributed by atoms with Crippen LogP contribution >= 0.6 is 11.6 Å². The quantitative estimate of drug-likeness (QED) is 0.634. The van der Waals surface area contributed by atoms with E-state index in [2.05, 4.69) is 15.4 Å². The fourth-order valence-electron chi connectivity index (χ4n) is 0.665. The molecular formula is C5H8ClN3. The highest BCUT2D eigenvalue weighted by Gasteiger charge is 2.01. The molecule has 0 unspecified atom stereocenters. The zero-order valence-electron chi connectivity index (χ0n) is 5.19. The third-order valence-corrected chi connectivity index (χ3v) is 1.42. The van der Waals surface area contributed by atoms with Crippen LogP contribution in [0.2, 0.25) is 0 Å². The van der Waals surface area contributed by atoms with Crippen LogP contribution in [0.4, 0.5) is 0 Å². The third kappa shape index (κ3) is 1.21. The zero-order valence-corrected chi connectivity index (χ0v) is 5.94. The molecule has 0 bridgehead atoms. The van der Waals surface area contributed by atoms with Gasteiger partial charge in [0.1, 0.15) is 5.69 Å². The molecule has 4 heteroatoms. The Hall–Kier alpha value is -0.570. The topological polar surface area (TPSA) is 41.6 Å². The molecule has 0 saturated carbocycles. The Morgan fingerprint density at radius 1 is 1.44 bits per heavy atom. The lowest BCUT2D eigenvalue weighted by molar-refractivity contribution is 0.905. The first-order chi connectivity index (χ1) is 4.38. The lowest BCUT2D eigenvalue weighted by Crippen LogP contribution is -1.85. The summed E-state index contributed by atoms with van der Waals surface area (Å²) < 4.78 is 0. The molecule has 0 aliphatic rings. The standard InChI is InChI=1S/C5H8ClN3/c1-2-4-5(3-6)8-9-7-4/h2-3H2,1H3,(H,7,8,9). The number of hydrogen-bond donors (Lipinski definition) is 1. The molecule has 0 radical (unpaired) electrons. The molecular weight excluding hydrogens is 138 g/mol. The predicted molar refractivity (Wildman–Crippen MR) is 35.3 cm³/mol. The molecule has 0 atom stereocenters. The average Bonchev–Trinajstić information content (AvgIpc) is 2.33. The van der Waals surface area contributed by atoms with Crippen molar-refractivity contribution in [3.8, 4) is 0 Å². The fourth-order valence-corrected chi connectivity index (χ4v) is 0.879. The van der Waals surface area contributed by atoms with E-state index in [0.717, 1.165) is 17.8 Å². The van der Waals surface area contributed by atoms with Crippen LogP contribution in [0.3, 0.4) is 0 Å². The molecule has 0 amide bonds. The molecule has 1 aromatic heterocycles. The van der Waals surface area contributed by atoms with E-state index in [4.69, 9.17) is 11.6 Å². The summed E-state index contributed by atoms with van der Waals surface area (Å²) in [4.78, 5) is 0. The van der Waals surface area contributed by atoms with Gasteiger partial charge in [-0.25, -0.2) is 0 Å². The summed E-state index contributed by atoms with van der Waals surface area (Å²) in [6, 6.07) is 0. The lowest BCUT2D eigenvalue weighted by Gasteiger charge is -1.86. The molecule has 0 aromatic carbocycles. The number of alkyl halides is 1. The van der Waals surface area contributed by atoms with Gasteiger partial charge in [0.25, 0.3) is 0 Å². The second-order valence-electron chi connectivity index (χ2n) is 1.70. The summed E-state index contributed by atoms with van der Waals surface area (Å²) in [5.74, 6) is 0.444. The molecule has 50 valence electrons. The van der Waals surface area contributed by atoms with E-state index in [-0.39, 0.29) is 0 Å². The predicted octanol–water partition coefficient (Wildman–Crippen LogP) is 1.11. The van der Waals surface area contributed by atoms with Gasteiger partial charge in [0, 0.05) is 0 Å². The van der Waals surface area contributed by atoms with E-state index in [0.29, 0.717) is 5.88 Å². The summed E-state index contributed by atoms with van der Waals surface area (Å²) in [5, 5.41) is 10.2. The van der Waals surface area contributed by atoms with Gasteiger partial charge in [-0.3, -0.25) is 0 Å². The molecule has 0 spiro atoms. The average molecular weight is 146 g/mol. The Morgan fingerprint density at radius 2 is 2.11 bits per heavy atom. The molecule has 0 saturated heterocycles. The van der Waals surface area contributed by atoms with Crippen molar-refractivity contribution in [3.63, 3.8) is 0 Å². The second kappa shape index (κ2) is 2.82. The number of nitrogens with one attached hydrogen (secondary N) is 1. The normalized spacial score (nSPS) is 10.0. The van der Waals surface area contributed by atoms with E-state index >= 15 is 0 Å². The van der Waals surface area contributed by atoms with Crippen molar-refractivity contribution >= 4 is 11.6 Å². The number of aryl methyl sites for hydroxylation is 1. The maximum Gasteiger partial charge on any atom is 0.100 e. The van der Waals surface area contributed by atoms with Gasteiger partial charge in [-0.2, -0.15) is 15.4 Å². The van der Waals surface area contributed by atoms with Gasteiger partial charge in [-0.05, 0) is 6.42 Å². The molecule has 1 rings (SSSR count). The summed E-state index contributed by atoms with van der Waals surface area (Å²) in [6.07, 6.45) is 0.887. The van der Waals surface area contributed by atoms with Crippen LogP contribution in [-0.4, -0.2) is 15.4 Å². The van der Waals surface area contributed by atoms with Gasteiger partial charge in [0.15, 0.2) is 0 Å². The highest BCUT2D eigenvalue weighted by atomic mass is 35.5. The number of hydrogen-bond acceptors (Lipinski definition) is 2. The maximum atomic E-state index is 5.53. The largest absolute Gasteiger partial charge is 0.197 e. The lowest BCUT2D eigenvalue weighted by atomic mass is 10.3. The Balaban J connectivity index is 2.85. The van der Waals surface area contributed by atoms with E-state index in [1.54, 1.807) is 0 Å². The van der Waals surface area contributed by atoms with Crippen molar-refractivity contribution < 1.29 is 0 Å². The number of H-pyrrole nitrogens is 1. The molecule has 1 heterocycles. The minimum Gasteiger partial charge on any atom is -0.197 e. The van der Waals surface area contributed by atoms with E-state index < -0.39 is 0 Å². The zero-order chi connectivity index (χ0) is 6.69. The highest BCUT2D eigenvalue weighted by Crippen LogP contribution is 2.03. The van der Waals surface area contributed by atoms with Gasteiger partial charge in [-0.15, -0.1) is 11.6 Å². The first-order valence-electron chi connectivity index (χ1n) is 2.83. The number of aromatic amines is 1. The molecule has 1 N–H and O–H groups in total. The van der Waals surface area contributed by atoms with Crippen LogP contribution < -0.4 is 0 Å². The molecule has 3 nitrogen and oxygen atoms in total. The van der Waals surface area contributed by atoms with Gasteiger partial charge in [0.05, 0.1) is 11.6 Å². The van der Waals surface area contributed by atoms with Gasteiger partial charge in [-0.1, -0.05) is 6.92 Å². The Morgan fingerprint density at radius 3 is 2.56 bits per heavy atom. The highest BCUT2D eigenvalue weighted by molar-refractivity contribution is 6.16. The van der Waals surface area contributed by atoms with Crippen LogP contribution in [0.1, 0.15) is 18.3 Å². The Kier molecular flexibility index (Phi) is 2.05. The monoisotopic (exact) mass is 145 g/mol. The van der Waals surface area contributed by atoms with Crippen molar-refractivity contribution in [2.24, 2.45) is 0 Å². The van der Waals surface area contributed by atoms with Gasteiger partial charge in [0.2, 0.25) is 0 Å². The van der Waals surface area contributed by atoms with Gasteiger partial charge >= 0.3 is 0 Å². The summed E-state index contributed by atoms with van der Waals surface area (Å²) in [6.45, 7) is 2.02. The van der Waals surface area contributed by atoms with Crippen LogP contribution in [-0.2, 0) is 12.3 Å².